The summed E-state index contributed by atoms with van der Waals surface area (Å²) in [6, 6.07) is 0. The Hall–Kier alpha value is -1.55. The molecular weight excluding hydrogens is 1020 g/mol. The number of carbonyl (C=O) groups is 2. The third-order valence-corrected chi connectivity index (χ3v) is 16.6. The van der Waals surface area contributed by atoms with Crippen LogP contribution in [0.2, 0.25) is 0 Å². The third kappa shape index (κ3) is 31.2. The number of unbranched alkanes of at least 4 members (excludes halogenated alkanes) is 28. The van der Waals surface area contributed by atoms with Crippen LogP contribution in [0.15, 0.2) is 0 Å². The number of aliphatic hydroxyl groups is 6. The quantitative estimate of drug-likeness (QED) is 0.0170. The molecule has 0 radical (unpaired) electrons. The van der Waals surface area contributed by atoms with Crippen molar-refractivity contribution in [3.8, 4) is 0 Å². The Morgan fingerprint density at radius 2 is 0.897 bits per heavy atom. The molecule has 15 atom stereocenters. The van der Waals surface area contributed by atoms with Crippen molar-refractivity contribution in [3.63, 3.8) is 0 Å². The average Bonchev–Trinajstić information content (AvgIpc) is 3.39. The molecule has 18 heteroatoms. The molecule has 462 valence electrons. The molecule has 0 aromatic rings. The molecule has 2 aliphatic heterocycles. The molecule has 17 nitrogen and oxygen atoms in total. The van der Waals surface area contributed by atoms with Crippen LogP contribution in [0.3, 0.4) is 0 Å². The van der Waals surface area contributed by atoms with Gasteiger partial charge < -0.3 is 54.3 Å². The Balaban J connectivity index is 2.01. The van der Waals surface area contributed by atoms with Gasteiger partial charge in [0.05, 0.1) is 25.2 Å². The van der Waals surface area contributed by atoms with Gasteiger partial charge >= 0.3 is 22.3 Å². The average molecular weight is 1140 g/mol. The largest absolute Gasteiger partial charge is 0.455 e. The molecule has 15 unspecified atom stereocenters. The Labute approximate surface area is 472 Å². The van der Waals surface area contributed by atoms with Crippen LogP contribution in [0.1, 0.15) is 266 Å². The lowest BCUT2D eigenvalue weighted by Crippen LogP contribution is -2.65. The van der Waals surface area contributed by atoms with E-state index in [4.69, 9.17) is 23.7 Å². The molecule has 7 N–H and O–H groups in total. The van der Waals surface area contributed by atoms with Crippen LogP contribution in [-0.2, 0) is 47.9 Å². The maximum absolute atomic E-state index is 14.1. The summed E-state index contributed by atoms with van der Waals surface area (Å²) in [6.45, 7) is 10.7. The first-order chi connectivity index (χ1) is 37.4. The van der Waals surface area contributed by atoms with E-state index < -0.39 is 109 Å². The second-order valence-electron chi connectivity index (χ2n) is 23.7. The molecule has 2 saturated heterocycles. The predicted octanol–water partition coefficient (Wildman–Crippen LogP) is 11.1. The Morgan fingerprint density at radius 1 is 0.500 bits per heavy atom. The van der Waals surface area contributed by atoms with Crippen LogP contribution in [0.5, 0.6) is 0 Å². The standard InChI is InChI=1S/C60H114O17S/c1-7-9-11-13-15-17-19-21-23-25-27-29-31-33-35-37-48(63)46(5)40-44(3)39-45(4)41-47(6)58(68)75-57-55(74-51(64)38-36-34-32-30-28-26-24-22-20-18-16-14-12-10-8-2)53(66)50(43-62)73-60(57)76-59-56(77-78(69,70)71)54(67)52(65)49(42-61)72-59/h44-50,52-57,59-63,65-67H,7-43H2,1-6H3,(H,69,70,71). The molecule has 0 spiro atoms. The molecule has 0 saturated carbocycles. The number of carbonyl (C=O) groups excluding carboxylic acids is 2. The van der Waals surface area contributed by atoms with E-state index in [1.807, 2.05) is 6.92 Å². The van der Waals surface area contributed by atoms with Crippen LogP contribution in [0.4, 0.5) is 0 Å². The first-order valence-electron chi connectivity index (χ1n) is 31.3. The van der Waals surface area contributed by atoms with Gasteiger partial charge in [0.15, 0.2) is 24.6 Å². The number of ether oxygens (including phenoxy) is 5. The number of rotatable bonds is 48. The minimum absolute atomic E-state index is 0.0299. The van der Waals surface area contributed by atoms with Crippen molar-refractivity contribution in [2.75, 3.05) is 13.2 Å². The molecular formula is C60H114O17S. The molecule has 2 rings (SSSR count). The Morgan fingerprint density at radius 3 is 1.33 bits per heavy atom. The lowest BCUT2D eigenvalue weighted by Gasteiger charge is -2.46. The van der Waals surface area contributed by atoms with Crippen molar-refractivity contribution in [3.05, 3.63) is 0 Å². The molecule has 0 amide bonds. The predicted molar refractivity (Wildman–Crippen MR) is 302 cm³/mol. The summed E-state index contributed by atoms with van der Waals surface area (Å²) in [6.07, 6.45) is 20.4. The van der Waals surface area contributed by atoms with E-state index in [1.54, 1.807) is 6.92 Å². The van der Waals surface area contributed by atoms with Crippen molar-refractivity contribution >= 4 is 22.3 Å². The van der Waals surface area contributed by atoms with Gasteiger partial charge in [0.1, 0.15) is 30.5 Å². The van der Waals surface area contributed by atoms with Crippen molar-refractivity contribution in [1.29, 1.82) is 0 Å². The van der Waals surface area contributed by atoms with Gasteiger partial charge in [-0.15, -0.1) is 0 Å². The highest BCUT2D eigenvalue weighted by Crippen LogP contribution is 2.34. The molecule has 2 aliphatic rings. The number of esters is 2. The van der Waals surface area contributed by atoms with E-state index in [2.05, 4.69) is 31.9 Å². The molecule has 0 aromatic carbocycles. The van der Waals surface area contributed by atoms with Crippen molar-refractivity contribution in [1.82, 2.24) is 0 Å². The van der Waals surface area contributed by atoms with Gasteiger partial charge in [-0.2, -0.15) is 8.42 Å². The summed E-state index contributed by atoms with van der Waals surface area (Å²) in [5.74, 6) is -1.88. The van der Waals surface area contributed by atoms with Gasteiger partial charge in [0.25, 0.3) is 0 Å². The third-order valence-electron chi connectivity index (χ3n) is 16.1. The zero-order valence-electron chi connectivity index (χ0n) is 49.4. The van der Waals surface area contributed by atoms with E-state index in [9.17, 15) is 53.2 Å². The fraction of sp³-hybridized carbons (Fsp3) is 0.967. The fourth-order valence-corrected chi connectivity index (χ4v) is 11.9. The molecule has 0 aromatic heterocycles. The van der Waals surface area contributed by atoms with E-state index >= 15 is 0 Å². The SMILES string of the molecule is CCCCCCCCCCCCCCCCCC(=O)OC1C(O)C(CO)OC(OC2OC(CO)C(O)C(O)C2OS(=O)(=O)O)C1OC(=O)C(C)CC(C)CC(C)CC(C)C(O)CCCCCCCCCCCCCCCCC. The monoisotopic (exact) mass is 1140 g/mol. The Bertz CT molecular complexity index is 1610. The van der Waals surface area contributed by atoms with Gasteiger partial charge in [-0.3, -0.25) is 14.1 Å². The highest BCUT2D eigenvalue weighted by atomic mass is 32.3. The fourth-order valence-electron chi connectivity index (χ4n) is 11.4. The van der Waals surface area contributed by atoms with E-state index in [-0.39, 0.29) is 24.2 Å². The number of hydrogen-bond acceptors (Lipinski definition) is 16. The van der Waals surface area contributed by atoms with Gasteiger partial charge in [-0.05, 0) is 49.9 Å². The van der Waals surface area contributed by atoms with Gasteiger partial charge in [-0.25, -0.2) is 4.18 Å². The van der Waals surface area contributed by atoms with E-state index in [1.165, 1.54) is 148 Å². The summed E-state index contributed by atoms with van der Waals surface area (Å²) < 4.78 is 67.2. The maximum atomic E-state index is 14.1. The van der Waals surface area contributed by atoms with Crippen molar-refractivity contribution in [2.45, 2.75) is 334 Å². The summed E-state index contributed by atoms with van der Waals surface area (Å²) in [4.78, 5) is 27.6. The normalized spacial score (nSPS) is 25.8. The second kappa shape index (κ2) is 43.1. The molecule has 0 aliphatic carbocycles. The van der Waals surface area contributed by atoms with E-state index in [0.717, 1.165) is 57.8 Å². The van der Waals surface area contributed by atoms with Crippen LogP contribution in [0, 0.1) is 23.7 Å². The smallest absolute Gasteiger partial charge is 0.397 e. The zero-order valence-corrected chi connectivity index (χ0v) is 50.3. The first kappa shape index (κ1) is 72.6. The zero-order chi connectivity index (χ0) is 57.7. The van der Waals surface area contributed by atoms with Crippen LogP contribution in [0.25, 0.3) is 0 Å². The maximum Gasteiger partial charge on any atom is 0.397 e. The van der Waals surface area contributed by atoms with Crippen molar-refractivity contribution < 1.29 is 81.1 Å². The highest BCUT2D eigenvalue weighted by Gasteiger charge is 2.55. The van der Waals surface area contributed by atoms with E-state index in [0.29, 0.717) is 12.8 Å². The highest BCUT2D eigenvalue weighted by molar-refractivity contribution is 7.80. The summed E-state index contributed by atoms with van der Waals surface area (Å²) in [7, 11) is -5.33. The Kier molecular flexibility index (Phi) is 40.1. The molecule has 78 heavy (non-hydrogen) atoms. The molecule has 0 bridgehead atoms. The van der Waals surface area contributed by atoms with Crippen molar-refractivity contribution in [2.24, 2.45) is 23.7 Å². The number of aliphatic hydroxyl groups excluding tert-OH is 6. The molecule has 2 fully saturated rings. The van der Waals surface area contributed by atoms with Crippen LogP contribution in [-0.4, -0.2) is 136 Å². The second-order valence-corrected chi connectivity index (χ2v) is 24.8. The van der Waals surface area contributed by atoms with Gasteiger partial charge in [-0.1, -0.05) is 228 Å². The van der Waals surface area contributed by atoms with Crippen LogP contribution < -0.4 is 0 Å². The first-order valence-corrected chi connectivity index (χ1v) is 32.7. The summed E-state index contributed by atoms with van der Waals surface area (Å²) in [5, 5.41) is 64.2. The minimum atomic E-state index is -5.33. The van der Waals surface area contributed by atoms with Gasteiger partial charge in [0.2, 0.25) is 6.29 Å². The van der Waals surface area contributed by atoms with Crippen LogP contribution >= 0.6 is 0 Å². The van der Waals surface area contributed by atoms with Gasteiger partial charge in [0, 0.05) is 6.42 Å². The minimum Gasteiger partial charge on any atom is -0.455 e. The lowest BCUT2D eigenvalue weighted by molar-refractivity contribution is -0.374. The molecule has 2 heterocycles. The number of hydrogen-bond donors (Lipinski definition) is 7. The topological polar surface area (TPSA) is 265 Å². The summed E-state index contributed by atoms with van der Waals surface area (Å²) in [5.41, 5.74) is 0. The lowest BCUT2D eigenvalue weighted by atomic mass is 9.83. The summed E-state index contributed by atoms with van der Waals surface area (Å²) >= 11 is 0.